The number of aliphatic hydroxyl groups excluding tert-OH is 1. The van der Waals surface area contributed by atoms with Crippen molar-refractivity contribution in [2.45, 2.75) is 39.2 Å². The van der Waals surface area contributed by atoms with E-state index in [-0.39, 0.29) is 31.7 Å². The molecular formula is C20H25N3O4. The predicted molar refractivity (Wildman–Crippen MR) is 99.2 cm³/mol. The Morgan fingerprint density at radius 1 is 1.30 bits per heavy atom. The smallest absolute Gasteiger partial charge is 0.314 e. The zero-order valence-corrected chi connectivity index (χ0v) is 15.6. The van der Waals surface area contributed by atoms with E-state index in [1.807, 2.05) is 44.2 Å². The van der Waals surface area contributed by atoms with Crippen LogP contribution in [-0.2, 0) is 22.4 Å². The molecule has 3 rings (SSSR count). The van der Waals surface area contributed by atoms with Gasteiger partial charge < -0.3 is 15.1 Å². The van der Waals surface area contributed by atoms with Gasteiger partial charge in [-0.25, -0.2) is 0 Å². The first-order valence-electron chi connectivity index (χ1n) is 9.07. The molecule has 3 N–H and O–H groups in total. The first kappa shape index (κ1) is 19.1. The molecule has 2 aromatic rings. The number of aryl methyl sites for hydroxylation is 2. The minimum Gasteiger partial charge on any atom is -0.481 e. The fourth-order valence-corrected chi connectivity index (χ4v) is 3.81. The number of carboxylic acid groups (broad SMARTS) is 1. The van der Waals surface area contributed by atoms with Crippen LogP contribution in [0.25, 0.3) is 0 Å². The Kier molecular flexibility index (Phi) is 5.32. The van der Waals surface area contributed by atoms with E-state index < -0.39 is 17.5 Å². The SMILES string of the molecule is Cc1n[nH]c(C)c1CC(=O)N1CC[C@@H](O)[C@](Cc2ccccc2)(C(=O)O)C1. The van der Waals surface area contributed by atoms with E-state index in [0.717, 1.165) is 22.5 Å². The Morgan fingerprint density at radius 2 is 2.00 bits per heavy atom. The van der Waals surface area contributed by atoms with Crippen LogP contribution in [0.4, 0.5) is 0 Å². The zero-order valence-electron chi connectivity index (χ0n) is 15.6. The fourth-order valence-electron chi connectivity index (χ4n) is 3.81. The molecule has 0 aliphatic carbocycles. The van der Waals surface area contributed by atoms with Gasteiger partial charge in [-0.2, -0.15) is 5.10 Å². The summed E-state index contributed by atoms with van der Waals surface area (Å²) in [5, 5.41) is 27.5. The third-order valence-corrected chi connectivity index (χ3v) is 5.53. The summed E-state index contributed by atoms with van der Waals surface area (Å²) in [6.45, 7) is 4.04. The summed E-state index contributed by atoms with van der Waals surface area (Å²) in [7, 11) is 0. The van der Waals surface area contributed by atoms with Crippen molar-refractivity contribution in [2.24, 2.45) is 5.41 Å². The maximum Gasteiger partial charge on any atom is 0.314 e. The fraction of sp³-hybridized carbons (Fsp3) is 0.450. The molecule has 1 amide bonds. The highest BCUT2D eigenvalue weighted by Gasteiger charge is 2.50. The number of rotatable bonds is 5. The van der Waals surface area contributed by atoms with Crippen LogP contribution < -0.4 is 0 Å². The summed E-state index contributed by atoms with van der Waals surface area (Å²) < 4.78 is 0. The number of amides is 1. The highest BCUT2D eigenvalue weighted by atomic mass is 16.4. The number of carbonyl (C=O) groups is 2. The molecule has 144 valence electrons. The predicted octanol–water partition coefficient (Wildman–Crippen LogP) is 1.48. The molecule has 1 aliphatic heterocycles. The summed E-state index contributed by atoms with van der Waals surface area (Å²) in [5.74, 6) is -1.22. The molecule has 1 aromatic carbocycles. The third-order valence-electron chi connectivity index (χ3n) is 5.53. The quantitative estimate of drug-likeness (QED) is 0.738. The lowest BCUT2D eigenvalue weighted by Gasteiger charge is -2.43. The molecule has 1 aromatic heterocycles. The number of aliphatic carboxylic acids is 1. The number of carbonyl (C=O) groups excluding carboxylic acids is 1. The number of aromatic amines is 1. The van der Waals surface area contributed by atoms with Crippen LogP contribution in [0.2, 0.25) is 0 Å². The number of aliphatic hydroxyl groups is 1. The average molecular weight is 371 g/mol. The van der Waals surface area contributed by atoms with Gasteiger partial charge >= 0.3 is 5.97 Å². The van der Waals surface area contributed by atoms with Crippen molar-refractivity contribution in [1.29, 1.82) is 0 Å². The monoisotopic (exact) mass is 371 g/mol. The van der Waals surface area contributed by atoms with Gasteiger partial charge in [-0.3, -0.25) is 14.7 Å². The summed E-state index contributed by atoms with van der Waals surface area (Å²) in [5.41, 5.74) is 1.87. The maximum absolute atomic E-state index is 12.8. The van der Waals surface area contributed by atoms with Crippen molar-refractivity contribution in [3.63, 3.8) is 0 Å². The molecule has 0 saturated carbocycles. The number of likely N-dealkylation sites (tertiary alicyclic amines) is 1. The van der Waals surface area contributed by atoms with Crippen molar-refractivity contribution in [3.8, 4) is 0 Å². The van der Waals surface area contributed by atoms with Gasteiger partial charge in [0.15, 0.2) is 0 Å². The average Bonchev–Trinajstić information content (AvgIpc) is 2.96. The van der Waals surface area contributed by atoms with Gasteiger partial charge in [-0.05, 0) is 32.3 Å². The van der Waals surface area contributed by atoms with E-state index in [1.54, 1.807) is 4.90 Å². The van der Waals surface area contributed by atoms with Gasteiger partial charge in [-0.1, -0.05) is 30.3 Å². The Bertz CT molecular complexity index is 814. The van der Waals surface area contributed by atoms with Crippen LogP contribution in [0.1, 0.15) is 28.9 Å². The van der Waals surface area contributed by atoms with Crippen molar-refractivity contribution in [1.82, 2.24) is 15.1 Å². The topological polar surface area (TPSA) is 107 Å². The number of aromatic nitrogens is 2. The number of piperidine rings is 1. The van der Waals surface area contributed by atoms with Crippen molar-refractivity contribution in [3.05, 3.63) is 52.8 Å². The van der Waals surface area contributed by atoms with Crippen LogP contribution in [0.5, 0.6) is 0 Å². The lowest BCUT2D eigenvalue weighted by molar-refractivity contribution is -0.165. The molecule has 0 unspecified atom stereocenters. The van der Waals surface area contributed by atoms with E-state index >= 15 is 0 Å². The van der Waals surface area contributed by atoms with E-state index in [1.165, 1.54) is 0 Å². The maximum atomic E-state index is 12.8. The zero-order chi connectivity index (χ0) is 19.6. The lowest BCUT2D eigenvalue weighted by atomic mass is 9.72. The van der Waals surface area contributed by atoms with Crippen LogP contribution in [0.15, 0.2) is 30.3 Å². The Morgan fingerprint density at radius 3 is 2.59 bits per heavy atom. The number of nitrogens with one attached hydrogen (secondary N) is 1. The first-order chi connectivity index (χ1) is 12.8. The van der Waals surface area contributed by atoms with Crippen LogP contribution in [0.3, 0.4) is 0 Å². The van der Waals surface area contributed by atoms with E-state index in [2.05, 4.69) is 10.2 Å². The van der Waals surface area contributed by atoms with Gasteiger partial charge in [-0.15, -0.1) is 0 Å². The summed E-state index contributed by atoms with van der Waals surface area (Å²) in [6, 6.07) is 9.23. The molecule has 2 heterocycles. The summed E-state index contributed by atoms with van der Waals surface area (Å²) in [4.78, 5) is 26.6. The Labute approximate surface area is 158 Å². The second-order valence-electron chi connectivity index (χ2n) is 7.33. The van der Waals surface area contributed by atoms with E-state index in [4.69, 9.17) is 0 Å². The van der Waals surface area contributed by atoms with Gasteiger partial charge in [0.25, 0.3) is 0 Å². The Hall–Kier alpha value is -2.67. The second-order valence-corrected chi connectivity index (χ2v) is 7.33. The number of hydrogen-bond acceptors (Lipinski definition) is 4. The van der Waals surface area contributed by atoms with Crippen molar-refractivity contribution >= 4 is 11.9 Å². The lowest BCUT2D eigenvalue weighted by Crippen LogP contribution is -2.58. The van der Waals surface area contributed by atoms with Crippen molar-refractivity contribution in [2.75, 3.05) is 13.1 Å². The second kappa shape index (κ2) is 7.52. The third kappa shape index (κ3) is 3.73. The molecule has 1 fully saturated rings. The molecule has 2 atom stereocenters. The van der Waals surface area contributed by atoms with Gasteiger partial charge in [0, 0.05) is 24.3 Å². The normalized spacial score (nSPS) is 22.6. The number of H-pyrrole nitrogens is 1. The van der Waals surface area contributed by atoms with E-state index in [0.29, 0.717) is 6.54 Å². The van der Waals surface area contributed by atoms with Crippen molar-refractivity contribution < 1.29 is 19.8 Å². The molecule has 7 heteroatoms. The molecule has 7 nitrogen and oxygen atoms in total. The van der Waals surface area contributed by atoms with Gasteiger partial charge in [0.05, 0.1) is 18.2 Å². The standard InChI is InChI=1S/C20H25N3O4/c1-13-16(14(2)22-21-13)10-18(25)23-9-8-17(24)20(12-23,19(26)27)11-15-6-4-3-5-7-15/h3-7,17,24H,8-12H2,1-2H3,(H,21,22)(H,26,27)/t17-,20-/m1/s1. The highest BCUT2D eigenvalue weighted by molar-refractivity contribution is 5.82. The summed E-state index contributed by atoms with van der Waals surface area (Å²) >= 11 is 0. The minimum absolute atomic E-state index is 0.00677. The highest BCUT2D eigenvalue weighted by Crippen LogP contribution is 2.35. The van der Waals surface area contributed by atoms with Crippen LogP contribution >= 0.6 is 0 Å². The first-order valence-corrected chi connectivity index (χ1v) is 9.07. The minimum atomic E-state index is -1.41. The number of hydrogen-bond donors (Lipinski definition) is 3. The molecule has 1 aliphatic rings. The number of carboxylic acids is 1. The largest absolute Gasteiger partial charge is 0.481 e. The Balaban J connectivity index is 1.82. The molecular weight excluding hydrogens is 346 g/mol. The molecule has 27 heavy (non-hydrogen) atoms. The van der Waals surface area contributed by atoms with Gasteiger partial charge in [0.1, 0.15) is 5.41 Å². The van der Waals surface area contributed by atoms with Crippen LogP contribution in [-0.4, -0.2) is 56.4 Å². The van der Waals surface area contributed by atoms with E-state index in [9.17, 15) is 19.8 Å². The molecule has 1 saturated heterocycles. The van der Waals surface area contributed by atoms with Crippen LogP contribution in [0, 0.1) is 19.3 Å². The molecule has 0 spiro atoms. The number of benzene rings is 1. The molecule has 0 bridgehead atoms. The molecule has 0 radical (unpaired) electrons. The van der Waals surface area contributed by atoms with Gasteiger partial charge in [0.2, 0.25) is 5.91 Å². The number of nitrogens with zero attached hydrogens (tertiary/aromatic N) is 2. The summed E-state index contributed by atoms with van der Waals surface area (Å²) in [6.07, 6.45) is -0.408.